The molecule has 5 nitrogen and oxygen atoms in total. The maximum absolute atomic E-state index is 14.0. The molecular formula is C21H21FN2O3. The van der Waals surface area contributed by atoms with Gasteiger partial charge in [0.1, 0.15) is 18.1 Å². The minimum Gasteiger partial charge on any atom is -0.491 e. The van der Waals surface area contributed by atoms with E-state index < -0.39 is 0 Å². The number of nitrogens with zero attached hydrogens (tertiary/aromatic N) is 2. The van der Waals surface area contributed by atoms with Crippen molar-refractivity contribution in [3.8, 4) is 5.75 Å². The normalized spacial score (nSPS) is 16.3. The summed E-state index contributed by atoms with van der Waals surface area (Å²) in [6, 6.07) is 13.8. The second-order valence-electron chi connectivity index (χ2n) is 6.89. The molecule has 2 aromatic rings. The molecule has 0 N–H and O–H groups in total. The van der Waals surface area contributed by atoms with Crippen molar-refractivity contribution in [2.24, 2.45) is 0 Å². The van der Waals surface area contributed by atoms with Gasteiger partial charge in [0, 0.05) is 18.2 Å². The monoisotopic (exact) mass is 368 g/mol. The molecule has 0 spiro atoms. The number of amides is 2. The number of hydrogen-bond donors (Lipinski definition) is 0. The van der Waals surface area contributed by atoms with E-state index in [1.807, 2.05) is 12.1 Å². The van der Waals surface area contributed by atoms with E-state index in [1.54, 1.807) is 35.2 Å². The van der Waals surface area contributed by atoms with E-state index in [9.17, 15) is 14.0 Å². The molecule has 0 bridgehead atoms. The topological polar surface area (TPSA) is 49.9 Å². The molecule has 0 unspecified atom stereocenters. The SMILES string of the molecule is O=C1CCOc2ccccc2N1CC(=O)N(Cc1ccccc1F)C1CC1. The number of carbonyl (C=O) groups is 2. The quantitative estimate of drug-likeness (QED) is 0.815. The van der Waals surface area contributed by atoms with Crippen molar-refractivity contribution < 1.29 is 18.7 Å². The van der Waals surface area contributed by atoms with Gasteiger partial charge in [0.25, 0.3) is 0 Å². The largest absolute Gasteiger partial charge is 0.491 e. The lowest BCUT2D eigenvalue weighted by Crippen LogP contribution is -2.43. The van der Waals surface area contributed by atoms with Crippen molar-refractivity contribution in [1.29, 1.82) is 0 Å². The molecule has 140 valence electrons. The number of halogens is 1. The van der Waals surface area contributed by atoms with Crippen molar-refractivity contribution in [2.45, 2.75) is 31.8 Å². The summed E-state index contributed by atoms with van der Waals surface area (Å²) in [7, 11) is 0. The van der Waals surface area contributed by atoms with Gasteiger partial charge in [-0.3, -0.25) is 14.5 Å². The Morgan fingerprint density at radius 2 is 1.89 bits per heavy atom. The second-order valence-corrected chi connectivity index (χ2v) is 6.89. The van der Waals surface area contributed by atoms with Gasteiger partial charge in [0.05, 0.1) is 18.7 Å². The molecule has 1 heterocycles. The van der Waals surface area contributed by atoms with Crippen LogP contribution in [0.2, 0.25) is 0 Å². The average molecular weight is 368 g/mol. The Morgan fingerprint density at radius 3 is 2.67 bits per heavy atom. The molecule has 1 aliphatic heterocycles. The van der Waals surface area contributed by atoms with Crippen molar-refractivity contribution in [2.75, 3.05) is 18.1 Å². The van der Waals surface area contributed by atoms with Crippen LogP contribution < -0.4 is 9.64 Å². The highest BCUT2D eigenvalue weighted by molar-refractivity contribution is 6.00. The third-order valence-corrected chi connectivity index (χ3v) is 4.93. The standard InChI is InChI=1S/C21H21FN2O3/c22-17-6-2-1-5-15(17)13-23(16-9-10-16)21(26)14-24-18-7-3-4-8-19(18)27-12-11-20(24)25/h1-8,16H,9-14H2. The predicted molar refractivity (Wildman–Crippen MR) is 98.9 cm³/mol. The Hall–Kier alpha value is -2.89. The molecule has 1 fully saturated rings. The van der Waals surface area contributed by atoms with E-state index in [0.29, 0.717) is 23.6 Å². The fourth-order valence-corrected chi connectivity index (χ4v) is 3.34. The highest BCUT2D eigenvalue weighted by Gasteiger charge is 2.35. The number of anilines is 1. The van der Waals surface area contributed by atoms with E-state index in [2.05, 4.69) is 0 Å². The van der Waals surface area contributed by atoms with E-state index in [4.69, 9.17) is 4.74 Å². The Morgan fingerprint density at radius 1 is 1.15 bits per heavy atom. The summed E-state index contributed by atoms with van der Waals surface area (Å²) in [4.78, 5) is 28.8. The minimum absolute atomic E-state index is 0.0653. The number of rotatable bonds is 5. The molecule has 4 rings (SSSR count). The summed E-state index contributed by atoms with van der Waals surface area (Å²) in [5.74, 6) is -0.0375. The molecule has 2 aliphatic rings. The molecule has 1 saturated carbocycles. The summed E-state index contributed by atoms with van der Waals surface area (Å²) in [5, 5.41) is 0. The maximum Gasteiger partial charge on any atom is 0.243 e. The van der Waals surface area contributed by atoms with Crippen molar-refractivity contribution in [3.05, 3.63) is 59.9 Å². The van der Waals surface area contributed by atoms with Crippen LogP contribution in [0.4, 0.5) is 10.1 Å². The molecule has 0 saturated heterocycles. The average Bonchev–Trinajstić information content (AvgIpc) is 3.51. The van der Waals surface area contributed by atoms with Gasteiger partial charge in [-0.1, -0.05) is 30.3 Å². The van der Waals surface area contributed by atoms with Crippen LogP contribution in [-0.2, 0) is 16.1 Å². The third kappa shape index (κ3) is 3.79. The first kappa shape index (κ1) is 17.5. The Kier molecular flexibility index (Phi) is 4.79. The summed E-state index contributed by atoms with van der Waals surface area (Å²) < 4.78 is 19.7. The van der Waals surface area contributed by atoms with Crippen LogP contribution in [0.15, 0.2) is 48.5 Å². The summed E-state index contributed by atoms with van der Waals surface area (Å²) in [5.41, 5.74) is 1.10. The Labute approximate surface area is 157 Å². The fourth-order valence-electron chi connectivity index (χ4n) is 3.34. The predicted octanol–water partition coefficient (Wildman–Crippen LogP) is 3.13. The number of ether oxygens (including phenoxy) is 1. The van der Waals surface area contributed by atoms with Gasteiger partial charge in [0.2, 0.25) is 11.8 Å². The molecule has 1 aliphatic carbocycles. The van der Waals surface area contributed by atoms with Gasteiger partial charge in [-0.05, 0) is 31.0 Å². The molecule has 2 aromatic carbocycles. The highest BCUT2D eigenvalue weighted by atomic mass is 19.1. The summed E-state index contributed by atoms with van der Waals surface area (Å²) in [6.07, 6.45) is 2.04. The van der Waals surface area contributed by atoms with E-state index >= 15 is 0 Å². The zero-order valence-corrected chi connectivity index (χ0v) is 14.9. The van der Waals surface area contributed by atoms with Crippen LogP contribution in [0.25, 0.3) is 0 Å². The Balaban J connectivity index is 1.56. The number of benzene rings is 2. The van der Waals surface area contributed by atoms with Gasteiger partial charge >= 0.3 is 0 Å². The lowest BCUT2D eigenvalue weighted by atomic mass is 10.2. The molecule has 27 heavy (non-hydrogen) atoms. The van der Waals surface area contributed by atoms with Gasteiger partial charge in [0.15, 0.2) is 0 Å². The zero-order chi connectivity index (χ0) is 18.8. The smallest absolute Gasteiger partial charge is 0.243 e. The molecule has 0 aromatic heterocycles. The van der Waals surface area contributed by atoms with Crippen LogP contribution in [0, 0.1) is 5.82 Å². The number of carbonyl (C=O) groups excluding carboxylic acids is 2. The summed E-state index contributed by atoms with van der Waals surface area (Å²) >= 11 is 0. The summed E-state index contributed by atoms with van der Waals surface area (Å²) in [6.45, 7) is 0.447. The molecule has 2 amide bonds. The maximum atomic E-state index is 14.0. The number of para-hydroxylation sites is 2. The molecule has 0 atom stereocenters. The molecule has 6 heteroatoms. The Bertz CT molecular complexity index is 866. The van der Waals surface area contributed by atoms with Crippen LogP contribution in [-0.4, -0.2) is 35.9 Å². The first-order valence-corrected chi connectivity index (χ1v) is 9.18. The first-order chi connectivity index (χ1) is 13.1. The van der Waals surface area contributed by atoms with Crippen molar-refractivity contribution in [1.82, 2.24) is 4.90 Å². The van der Waals surface area contributed by atoms with Gasteiger partial charge in [-0.15, -0.1) is 0 Å². The highest BCUT2D eigenvalue weighted by Crippen LogP contribution is 2.33. The van der Waals surface area contributed by atoms with Gasteiger partial charge < -0.3 is 9.64 Å². The minimum atomic E-state index is -0.319. The van der Waals surface area contributed by atoms with Crippen molar-refractivity contribution >= 4 is 17.5 Å². The molecular weight excluding hydrogens is 347 g/mol. The third-order valence-electron chi connectivity index (χ3n) is 4.93. The van der Waals surface area contributed by atoms with E-state index in [1.165, 1.54) is 11.0 Å². The molecule has 0 radical (unpaired) electrons. The van der Waals surface area contributed by atoms with Crippen molar-refractivity contribution in [3.63, 3.8) is 0 Å². The fraction of sp³-hybridized carbons (Fsp3) is 0.333. The number of fused-ring (bicyclic) bond motifs is 1. The number of hydrogen-bond acceptors (Lipinski definition) is 3. The zero-order valence-electron chi connectivity index (χ0n) is 14.9. The van der Waals surface area contributed by atoms with E-state index in [-0.39, 0.29) is 43.2 Å². The van der Waals surface area contributed by atoms with E-state index in [0.717, 1.165) is 12.8 Å². The van der Waals surface area contributed by atoms with Crippen LogP contribution >= 0.6 is 0 Å². The second kappa shape index (κ2) is 7.39. The lowest BCUT2D eigenvalue weighted by molar-refractivity contribution is -0.132. The first-order valence-electron chi connectivity index (χ1n) is 9.18. The van der Waals surface area contributed by atoms with Gasteiger partial charge in [-0.2, -0.15) is 0 Å². The van der Waals surface area contributed by atoms with Crippen LogP contribution in [0.1, 0.15) is 24.8 Å². The van der Waals surface area contributed by atoms with Crippen LogP contribution in [0.5, 0.6) is 5.75 Å². The van der Waals surface area contributed by atoms with Crippen LogP contribution in [0.3, 0.4) is 0 Å². The van der Waals surface area contributed by atoms with Gasteiger partial charge in [-0.25, -0.2) is 4.39 Å². The lowest BCUT2D eigenvalue weighted by Gasteiger charge is -2.27.